The van der Waals surface area contributed by atoms with Crippen LogP contribution in [0.2, 0.25) is 0 Å². The molecule has 4 aromatic rings. The number of carbonyl (C=O) groups excluding carboxylic acids is 1. The predicted molar refractivity (Wildman–Crippen MR) is 112 cm³/mol. The van der Waals surface area contributed by atoms with Gasteiger partial charge in [-0.05, 0) is 24.1 Å². The van der Waals surface area contributed by atoms with Crippen LogP contribution in [0.15, 0.2) is 85.1 Å². The second-order valence-electron chi connectivity index (χ2n) is 7.00. The lowest BCUT2D eigenvalue weighted by atomic mass is 9.84. The summed E-state index contributed by atoms with van der Waals surface area (Å²) < 4.78 is 0. The number of aromatic nitrogens is 1. The van der Waals surface area contributed by atoms with Gasteiger partial charge in [0.05, 0.1) is 16.0 Å². The second-order valence-corrected chi connectivity index (χ2v) is 7.00. The summed E-state index contributed by atoms with van der Waals surface area (Å²) in [7, 11) is 0. The normalized spacial score (nSPS) is 11.3. The van der Waals surface area contributed by atoms with Crippen molar-refractivity contribution in [1.82, 2.24) is 10.3 Å². The van der Waals surface area contributed by atoms with Crippen molar-refractivity contribution < 1.29 is 9.72 Å². The van der Waals surface area contributed by atoms with Crippen LogP contribution in [0.5, 0.6) is 0 Å². The Morgan fingerprint density at radius 1 is 0.966 bits per heavy atom. The third kappa shape index (κ3) is 3.36. The van der Waals surface area contributed by atoms with Crippen LogP contribution >= 0.6 is 0 Å². The van der Waals surface area contributed by atoms with Crippen LogP contribution in [0.4, 0.5) is 5.69 Å². The highest BCUT2D eigenvalue weighted by atomic mass is 16.6. The van der Waals surface area contributed by atoms with Crippen LogP contribution < -0.4 is 5.32 Å². The minimum Gasteiger partial charge on any atom is -0.360 e. The SMILES string of the molecule is CC(NC(=O)c1c[nH]c2ccc([N+](=O)[O-])cc12)(c1ccccc1)c1ccccc1. The minimum absolute atomic E-state index is 0.0555. The van der Waals surface area contributed by atoms with Gasteiger partial charge in [-0.15, -0.1) is 0 Å². The Balaban J connectivity index is 1.77. The summed E-state index contributed by atoms with van der Waals surface area (Å²) in [4.78, 5) is 27.0. The predicted octanol–water partition coefficient (Wildman–Crippen LogP) is 4.77. The molecule has 0 aliphatic carbocycles. The molecule has 3 aromatic carbocycles. The Labute approximate surface area is 167 Å². The number of hydrogen-bond donors (Lipinski definition) is 2. The number of fused-ring (bicyclic) bond motifs is 1. The number of H-pyrrole nitrogens is 1. The van der Waals surface area contributed by atoms with E-state index in [2.05, 4.69) is 10.3 Å². The standard InChI is InChI=1S/C23H19N3O3/c1-23(16-8-4-2-5-9-16,17-10-6-3-7-11-17)25-22(27)20-15-24-21-13-12-18(26(28)29)14-19(20)21/h2-15,24H,1H3,(H,25,27). The maximum absolute atomic E-state index is 13.3. The Kier molecular flexibility index (Phi) is 4.60. The quantitative estimate of drug-likeness (QED) is 0.383. The number of carbonyl (C=O) groups is 1. The molecule has 4 rings (SSSR count). The number of hydrogen-bond acceptors (Lipinski definition) is 3. The molecule has 0 atom stereocenters. The molecule has 0 saturated carbocycles. The van der Waals surface area contributed by atoms with E-state index in [4.69, 9.17) is 0 Å². The van der Waals surface area contributed by atoms with Crippen LogP contribution in [0.1, 0.15) is 28.4 Å². The van der Waals surface area contributed by atoms with E-state index in [1.54, 1.807) is 12.3 Å². The van der Waals surface area contributed by atoms with E-state index in [-0.39, 0.29) is 11.6 Å². The molecular weight excluding hydrogens is 366 g/mol. The fraction of sp³-hybridized carbons (Fsp3) is 0.0870. The molecule has 0 spiro atoms. The highest BCUT2D eigenvalue weighted by Crippen LogP contribution is 2.31. The van der Waals surface area contributed by atoms with E-state index in [1.807, 2.05) is 67.6 Å². The molecule has 0 radical (unpaired) electrons. The van der Waals surface area contributed by atoms with Gasteiger partial charge in [-0.25, -0.2) is 0 Å². The lowest BCUT2D eigenvalue weighted by molar-refractivity contribution is -0.384. The lowest BCUT2D eigenvalue weighted by Gasteiger charge is -2.32. The average Bonchev–Trinajstić information content (AvgIpc) is 3.18. The van der Waals surface area contributed by atoms with Gasteiger partial charge in [0.15, 0.2) is 0 Å². The summed E-state index contributed by atoms with van der Waals surface area (Å²) in [6, 6.07) is 23.9. The van der Waals surface area contributed by atoms with Crippen LogP contribution in [-0.2, 0) is 5.54 Å². The maximum Gasteiger partial charge on any atom is 0.270 e. The second kappa shape index (κ2) is 7.24. The van der Waals surface area contributed by atoms with Gasteiger partial charge < -0.3 is 10.3 Å². The number of rotatable bonds is 5. The molecule has 0 aliphatic heterocycles. The molecule has 1 heterocycles. The number of nitrogens with zero attached hydrogens (tertiary/aromatic N) is 1. The zero-order valence-electron chi connectivity index (χ0n) is 15.8. The highest BCUT2D eigenvalue weighted by molar-refractivity contribution is 6.07. The summed E-state index contributed by atoms with van der Waals surface area (Å²) in [6.07, 6.45) is 1.58. The summed E-state index contributed by atoms with van der Waals surface area (Å²) in [6.45, 7) is 1.95. The number of non-ortho nitro benzene ring substituents is 1. The monoisotopic (exact) mass is 385 g/mol. The van der Waals surface area contributed by atoms with Gasteiger partial charge >= 0.3 is 0 Å². The number of nitrogens with one attached hydrogen (secondary N) is 2. The summed E-state index contributed by atoms with van der Waals surface area (Å²) >= 11 is 0. The molecule has 0 bridgehead atoms. The topological polar surface area (TPSA) is 88.0 Å². The molecule has 0 saturated heterocycles. The number of amides is 1. The van der Waals surface area contributed by atoms with Gasteiger partial charge in [-0.3, -0.25) is 14.9 Å². The van der Waals surface area contributed by atoms with Crippen LogP contribution in [0, 0.1) is 10.1 Å². The van der Waals surface area contributed by atoms with Crippen molar-refractivity contribution in [1.29, 1.82) is 0 Å². The first-order valence-corrected chi connectivity index (χ1v) is 9.18. The third-order valence-electron chi connectivity index (χ3n) is 5.19. The van der Waals surface area contributed by atoms with Crippen molar-refractivity contribution >= 4 is 22.5 Å². The zero-order chi connectivity index (χ0) is 20.4. The van der Waals surface area contributed by atoms with Gasteiger partial charge in [0.2, 0.25) is 0 Å². The van der Waals surface area contributed by atoms with Gasteiger partial charge in [0.25, 0.3) is 11.6 Å². The first-order valence-electron chi connectivity index (χ1n) is 9.18. The van der Waals surface area contributed by atoms with Crippen LogP contribution in [-0.4, -0.2) is 15.8 Å². The average molecular weight is 385 g/mol. The largest absolute Gasteiger partial charge is 0.360 e. The van der Waals surface area contributed by atoms with E-state index in [1.165, 1.54) is 12.1 Å². The first-order chi connectivity index (χ1) is 14.0. The van der Waals surface area contributed by atoms with Crippen molar-refractivity contribution in [3.05, 3.63) is 112 Å². The smallest absolute Gasteiger partial charge is 0.270 e. The van der Waals surface area contributed by atoms with E-state index in [0.29, 0.717) is 16.5 Å². The van der Waals surface area contributed by atoms with Crippen molar-refractivity contribution in [3.63, 3.8) is 0 Å². The maximum atomic E-state index is 13.3. The Morgan fingerprint density at radius 2 is 1.55 bits per heavy atom. The molecule has 1 aromatic heterocycles. The molecule has 6 heteroatoms. The number of aromatic amines is 1. The molecule has 0 unspecified atom stereocenters. The van der Waals surface area contributed by atoms with Crippen LogP contribution in [0.25, 0.3) is 10.9 Å². The Morgan fingerprint density at radius 3 is 2.10 bits per heavy atom. The molecule has 6 nitrogen and oxygen atoms in total. The number of benzene rings is 3. The molecule has 0 fully saturated rings. The number of nitro benzene ring substituents is 1. The molecular formula is C23H19N3O3. The van der Waals surface area contributed by atoms with Gasteiger partial charge in [0, 0.05) is 29.2 Å². The zero-order valence-corrected chi connectivity index (χ0v) is 15.8. The van der Waals surface area contributed by atoms with Crippen molar-refractivity contribution in [2.24, 2.45) is 0 Å². The first kappa shape index (κ1) is 18.4. The van der Waals surface area contributed by atoms with Gasteiger partial charge in [0.1, 0.15) is 0 Å². The summed E-state index contributed by atoms with van der Waals surface area (Å²) in [5.41, 5.74) is 2.07. The van der Waals surface area contributed by atoms with Gasteiger partial charge in [-0.2, -0.15) is 0 Å². The summed E-state index contributed by atoms with van der Waals surface area (Å²) in [5.74, 6) is -0.313. The van der Waals surface area contributed by atoms with Gasteiger partial charge in [-0.1, -0.05) is 60.7 Å². The van der Waals surface area contributed by atoms with E-state index in [0.717, 1.165) is 11.1 Å². The fourth-order valence-corrected chi connectivity index (χ4v) is 3.56. The van der Waals surface area contributed by atoms with Crippen molar-refractivity contribution in [3.8, 4) is 0 Å². The molecule has 0 aliphatic rings. The van der Waals surface area contributed by atoms with Crippen molar-refractivity contribution in [2.45, 2.75) is 12.5 Å². The lowest BCUT2D eigenvalue weighted by Crippen LogP contribution is -2.44. The molecule has 1 amide bonds. The third-order valence-corrected chi connectivity index (χ3v) is 5.19. The highest BCUT2D eigenvalue weighted by Gasteiger charge is 2.31. The Hall–Kier alpha value is -3.93. The minimum atomic E-state index is -0.774. The Bertz CT molecular complexity index is 1140. The summed E-state index contributed by atoms with van der Waals surface area (Å²) in [5, 5.41) is 14.8. The molecule has 29 heavy (non-hydrogen) atoms. The molecule has 2 N–H and O–H groups in total. The van der Waals surface area contributed by atoms with Crippen molar-refractivity contribution in [2.75, 3.05) is 0 Å². The van der Waals surface area contributed by atoms with E-state index >= 15 is 0 Å². The fourth-order valence-electron chi connectivity index (χ4n) is 3.56. The molecule has 144 valence electrons. The number of nitro groups is 1. The van der Waals surface area contributed by atoms with E-state index < -0.39 is 10.5 Å². The van der Waals surface area contributed by atoms with Crippen LogP contribution in [0.3, 0.4) is 0 Å². The van der Waals surface area contributed by atoms with E-state index in [9.17, 15) is 14.9 Å².